The number of halogens is 1. The van der Waals surface area contributed by atoms with Gasteiger partial charge in [-0.2, -0.15) is 0 Å². The Morgan fingerprint density at radius 2 is 1.67 bits per heavy atom. The highest BCUT2D eigenvalue weighted by atomic mass is 19.1. The van der Waals surface area contributed by atoms with E-state index in [1.54, 1.807) is 0 Å². The van der Waals surface area contributed by atoms with E-state index in [9.17, 15) is 4.39 Å². The Morgan fingerprint density at radius 3 is 2.38 bits per heavy atom. The molecule has 5 heteroatoms. The van der Waals surface area contributed by atoms with Crippen molar-refractivity contribution in [3.8, 4) is 0 Å². The second kappa shape index (κ2) is 6.42. The molecule has 0 aromatic heterocycles. The van der Waals surface area contributed by atoms with Gasteiger partial charge in [-0.25, -0.2) is 4.39 Å². The molecular formula is C19H23FN4. The predicted molar refractivity (Wildman–Crippen MR) is 95.4 cm³/mol. The number of benzene rings is 2. The van der Waals surface area contributed by atoms with Crippen molar-refractivity contribution in [1.29, 1.82) is 0 Å². The lowest BCUT2D eigenvalue weighted by Crippen LogP contribution is -2.55. The van der Waals surface area contributed by atoms with Crippen molar-refractivity contribution in [2.45, 2.75) is 31.7 Å². The third-order valence-corrected chi connectivity index (χ3v) is 5.04. The maximum Gasteiger partial charge on any atom is 0.156 e. The average molecular weight is 326 g/mol. The van der Waals surface area contributed by atoms with Crippen molar-refractivity contribution in [2.75, 3.05) is 22.9 Å². The largest absolute Gasteiger partial charge is 0.334 e. The molecule has 0 amide bonds. The molecule has 2 heterocycles. The van der Waals surface area contributed by atoms with Crippen LogP contribution in [0.2, 0.25) is 0 Å². The Hall–Kier alpha value is -2.11. The lowest BCUT2D eigenvalue weighted by atomic mass is 10.0. The van der Waals surface area contributed by atoms with Gasteiger partial charge in [0.25, 0.3) is 0 Å². The molecule has 1 unspecified atom stereocenters. The summed E-state index contributed by atoms with van der Waals surface area (Å²) < 4.78 is 13.2. The molecule has 2 aromatic carbocycles. The molecule has 0 saturated carbocycles. The van der Waals surface area contributed by atoms with Crippen molar-refractivity contribution >= 4 is 11.4 Å². The van der Waals surface area contributed by atoms with E-state index in [2.05, 4.69) is 39.4 Å². The van der Waals surface area contributed by atoms with Gasteiger partial charge in [-0.3, -0.25) is 5.73 Å². The first-order valence-electron chi connectivity index (χ1n) is 8.59. The molecule has 24 heavy (non-hydrogen) atoms. The molecule has 0 bridgehead atoms. The Bertz CT molecular complexity index is 697. The Balaban J connectivity index is 1.64. The number of fused-ring (bicyclic) bond motifs is 1. The zero-order valence-corrected chi connectivity index (χ0v) is 13.7. The summed E-state index contributed by atoms with van der Waals surface area (Å²) in [5, 5.41) is 3.42. The van der Waals surface area contributed by atoms with Crippen LogP contribution in [0.3, 0.4) is 0 Å². The summed E-state index contributed by atoms with van der Waals surface area (Å²) >= 11 is 0. The molecule has 1 saturated heterocycles. The summed E-state index contributed by atoms with van der Waals surface area (Å²) in [6.07, 6.45) is 2.02. The van der Waals surface area contributed by atoms with Crippen LogP contribution in [0.15, 0.2) is 48.5 Å². The van der Waals surface area contributed by atoms with Crippen LogP contribution < -0.4 is 20.9 Å². The summed E-state index contributed by atoms with van der Waals surface area (Å²) in [4.78, 5) is 4.57. The van der Waals surface area contributed by atoms with Gasteiger partial charge in [0.15, 0.2) is 6.29 Å². The second-order valence-corrected chi connectivity index (χ2v) is 6.55. The highest BCUT2D eigenvalue weighted by Gasteiger charge is 2.37. The standard InChI is InChI=1S/C19H23FN4/c20-15-7-5-14(6-8-15)13-23-17-3-1-2-4-18(17)24(19(23)21)16-9-11-22-12-10-16/h1-8,16,19,22H,9-13,21H2. The maximum atomic E-state index is 13.2. The Labute approximate surface area is 142 Å². The molecule has 1 atom stereocenters. The lowest BCUT2D eigenvalue weighted by Gasteiger charge is -2.38. The predicted octanol–water partition coefficient (Wildman–Crippen LogP) is 2.65. The van der Waals surface area contributed by atoms with E-state index in [4.69, 9.17) is 5.73 Å². The smallest absolute Gasteiger partial charge is 0.156 e. The summed E-state index contributed by atoms with van der Waals surface area (Å²) in [7, 11) is 0. The van der Waals surface area contributed by atoms with E-state index in [0.29, 0.717) is 12.6 Å². The molecule has 2 aliphatic rings. The molecule has 2 aliphatic heterocycles. The van der Waals surface area contributed by atoms with Crippen LogP contribution >= 0.6 is 0 Å². The summed E-state index contributed by atoms with van der Waals surface area (Å²) in [5.74, 6) is -0.207. The van der Waals surface area contributed by atoms with Gasteiger partial charge in [0.1, 0.15) is 5.82 Å². The summed E-state index contributed by atoms with van der Waals surface area (Å²) in [6, 6.07) is 15.5. The number of para-hydroxylation sites is 2. The molecule has 4 nitrogen and oxygen atoms in total. The number of hydrogen-bond acceptors (Lipinski definition) is 4. The minimum atomic E-state index is -0.207. The van der Waals surface area contributed by atoms with E-state index in [1.165, 1.54) is 17.8 Å². The fourth-order valence-electron chi connectivity index (χ4n) is 3.82. The fourth-order valence-corrected chi connectivity index (χ4v) is 3.82. The number of nitrogens with zero attached hydrogens (tertiary/aromatic N) is 2. The molecule has 4 rings (SSSR count). The van der Waals surface area contributed by atoms with Crippen molar-refractivity contribution in [1.82, 2.24) is 5.32 Å². The van der Waals surface area contributed by atoms with Gasteiger partial charge in [0, 0.05) is 12.6 Å². The molecule has 126 valence electrons. The van der Waals surface area contributed by atoms with E-state index >= 15 is 0 Å². The highest BCUT2D eigenvalue weighted by molar-refractivity contribution is 5.77. The lowest BCUT2D eigenvalue weighted by molar-refractivity contribution is 0.404. The summed E-state index contributed by atoms with van der Waals surface area (Å²) in [6.45, 7) is 2.75. The van der Waals surface area contributed by atoms with Gasteiger partial charge in [0.05, 0.1) is 11.4 Å². The first-order valence-corrected chi connectivity index (χ1v) is 8.59. The van der Waals surface area contributed by atoms with E-state index in [0.717, 1.165) is 37.2 Å². The number of rotatable bonds is 3. The zero-order chi connectivity index (χ0) is 16.5. The van der Waals surface area contributed by atoms with Crippen LogP contribution in [-0.2, 0) is 6.54 Å². The second-order valence-electron chi connectivity index (χ2n) is 6.55. The van der Waals surface area contributed by atoms with Crippen LogP contribution in [0.5, 0.6) is 0 Å². The molecule has 0 spiro atoms. The van der Waals surface area contributed by atoms with Gasteiger partial charge in [-0.15, -0.1) is 0 Å². The number of piperidine rings is 1. The van der Waals surface area contributed by atoms with Crippen molar-refractivity contribution in [2.24, 2.45) is 5.73 Å². The minimum absolute atomic E-state index is 0.185. The third-order valence-electron chi connectivity index (χ3n) is 5.04. The van der Waals surface area contributed by atoms with Gasteiger partial charge in [-0.1, -0.05) is 24.3 Å². The van der Waals surface area contributed by atoms with Crippen LogP contribution in [0.25, 0.3) is 0 Å². The highest BCUT2D eigenvalue weighted by Crippen LogP contribution is 2.41. The monoisotopic (exact) mass is 326 g/mol. The summed E-state index contributed by atoms with van der Waals surface area (Å²) in [5.41, 5.74) is 10.1. The van der Waals surface area contributed by atoms with Crippen LogP contribution in [0.1, 0.15) is 18.4 Å². The molecule has 1 fully saturated rings. The molecule has 2 aromatic rings. The zero-order valence-electron chi connectivity index (χ0n) is 13.7. The van der Waals surface area contributed by atoms with Crippen LogP contribution in [-0.4, -0.2) is 25.4 Å². The number of anilines is 2. The normalized spacial score (nSPS) is 21.2. The van der Waals surface area contributed by atoms with Crippen molar-refractivity contribution in [3.63, 3.8) is 0 Å². The average Bonchev–Trinajstić information content (AvgIpc) is 2.90. The van der Waals surface area contributed by atoms with Crippen molar-refractivity contribution in [3.05, 3.63) is 59.9 Å². The quantitative estimate of drug-likeness (QED) is 0.910. The molecular weight excluding hydrogens is 303 g/mol. The minimum Gasteiger partial charge on any atom is -0.334 e. The molecule has 0 aliphatic carbocycles. The number of nitrogens with two attached hydrogens (primary N) is 1. The van der Waals surface area contributed by atoms with E-state index < -0.39 is 0 Å². The van der Waals surface area contributed by atoms with Crippen LogP contribution in [0.4, 0.5) is 15.8 Å². The van der Waals surface area contributed by atoms with Crippen LogP contribution in [0, 0.1) is 5.82 Å². The van der Waals surface area contributed by atoms with E-state index in [-0.39, 0.29) is 12.1 Å². The number of hydrogen-bond donors (Lipinski definition) is 2. The number of nitrogens with one attached hydrogen (secondary N) is 1. The third kappa shape index (κ3) is 2.74. The molecule has 3 N–H and O–H groups in total. The topological polar surface area (TPSA) is 44.5 Å². The van der Waals surface area contributed by atoms with Crippen molar-refractivity contribution < 1.29 is 4.39 Å². The Kier molecular flexibility index (Phi) is 4.12. The first kappa shape index (κ1) is 15.4. The fraction of sp³-hybridized carbons (Fsp3) is 0.368. The SMILES string of the molecule is NC1N(Cc2ccc(F)cc2)c2ccccc2N1C1CCNCC1. The van der Waals surface area contributed by atoms with Gasteiger partial charge < -0.3 is 15.1 Å². The van der Waals surface area contributed by atoms with Gasteiger partial charge in [0.2, 0.25) is 0 Å². The maximum absolute atomic E-state index is 13.2. The Morgan fingerprint density at radius 1 is 1.00 bits per heavy atom. The van der Waals surface area contributed by atoms with E-state index in [1.807, 2.05) is 12.1 Å². The van der Waals surface area contributed by atoms with Gasteiger partial charge >= 0.3 is 0 Å². The van der Waals surface area contributed by atoms with Gasteiger partial charge in [-0.05, 0) is 55.8 Å². The first-order chi connectivity index (χ1) is 11.7. The molecule has 0 radical (unpaired) electrons.